The number of allylic oxidation sites excluding steroid dienone is 4. The summed E-state index contributed by atoms with van der Waals surface area (Å²) in [5.41, 5.74) is -0.500. The molecule has 1 atom stereocenters. The maximum Gasteiger partial charge on any atom is 0.451 e. The lowest BCUT2D eigenvalue weighted by molar-refractivity contribution is 0.200. The number of hydrogen-bond acceptors (Lipinski definition) is 3. The van der Waals surface area contributed by atoms with Crippen molar-refractivity contribution >= 4 is 7.12 Å². The first kappa shape index (κ1) is 18.1. The Hall–Kier alpha value is -0.875. The molecule has 0 saturated heterocycles. The molecule has 110 valence electrons. The molecule has 0 aromatic rings. The number of ether oxygens (including phenoxy) is 1. The fraction of sp³-hybridized carbons (Fsp3) is 0.692. The molecule has 0 spiro atoms. The maximum absolute atomic E-state index is 12.3. The van der Waals surface area contributed by atoms with Crippen LogP contribution in [0.3, 0.4) is 0 Å². The second-order valence-corrected chi connectivity index (χ2v) is 4.65. The van der Waals surface area contributed by atoms with E-state index in [0.717, 1.165) is 6.08 Å². The fourth-order valence-corrected chi connectivity index (χ4v) is 1.82. The lowest BCUT2D eigenvalue weighted by Gasteiger charge is -2.28. The Labute approximate surface area is 114 Å². The van der Waals surface area contributed by atoms with E-state index >= 15 is 0 Å². The van der Waals surface area contributed by atoms with Crippen molar-refractivity contribution in [1.82, 2.24) is 0 Å². The van der Waals surface area contributed by atoms with Gasteiger partial charge in [-0.15, -0.1) is 0 Å². The van der Waals surface area contributed by atoms with Gasteiger partial charge in [-0.3, -0.25) is 0 Å². The van der Waals surface area contributed by atoms with Crippen molar-refractivity contribution in [3.8, 4) is 0 Å². The van der Waals surface area contributed by atoms with Crippen LogP contribution in [0.4, 0.5) is 8.78 Å². The Bertz CT molecular complexity index is 306. The smallest absolute Gasteiger partial charge is 0.451 e. The molecular formula is C13H23BF2O3. The SMILES string of the molecule is CCC(C=CC(F)F)(CC=C(C)OC)CCB(O)O. The third kappa shape index (κ3) is 8.00. The molecule has 3 nitrogen and oxygen atoms in total. The van der Waals surface area contributed by atoms with Gasteiger partial charge in [0.25, 0.3) is 6.43 Å². The highest BCUT2D eigenvalue weighted by molar-refractivity contribution is 6.40. The maximum atomic E-state index is 12.3. The van der Waals surface area contributed by atoms with Gasteiger partial charge in [-0.1, -0.05) is 13.0 Å². The average Bonchev–Trinajstić information content (AvgIpc) is 2.37. The second-order valence-electron chi connectivity index (χ2n) is 4.65. The minimum Gasteiger partial charge on any atom is -0.502 e. The van der Waals surface area contributed by atoms with Gasteiger partial charge in [0.2, 0.25) is 0 Å². The summed E-state index contributed by atoms with van der Waals surface area (Å²) in [7, 11) is 0.129. The molecule has 6 heteroatoms. The van der Waals surface area contributed by atoms with Crippen LogP contribution in [-0.4, -0.2) is 30.7 Å². The van der Waals surface area contributed by atoms with Crippen molar-refractivity contribution in [2.24, 2.45) is 5.41 Å². The molecule has 2 N–H and O–H groups in total. The molecule has 0 aliphatic rings. The minimum absolute atomic E-state index is 0.154. The van der Waals surface area contributed by atoms with Crippen LogP contribution in [0.15, 0.2) is 24.0 Å². The molecule has 0 saturated carbocycles. The van der Waals surface area contributed by atoms with E-state index < -0.39 is 19.0 Å². The molecule has 0 rings (SSSR count). The van der Waals surface area contributed by atoms with Crippen LogP contribution in [0.2, 0.25) is 6.32 Å². The van der Waals surface area contributed by atoms with Crippen LogP contribution >= 0.6 is 0 Å². The topological polar surface area (TPSA) is 49.7 Å². The molecule has 0 aliphatic heterocycles. The first-order chi connectivity index (χ1) is 8.85. The molecule has 0 heterocycles. The Morgan fingerprint density at radius 3 is 2.47 bits per heavy atom. The predicted octanol–water partition coefficient (Wildman–Crippen LogP) is 3.01. The molecule has 0 fully saturated rings. The number of rotatable bonds is 9. The summed E-state index contributed by atoms with van der Waals surface area (Å²) in [6, 6.07) is 0. The van der Waals surface area contributed by atoms with E-state index in [0.29, 0.717) is 25.0 Å². The standard InChI is InChI=1S/C13H23BF2O3/c1-4-13(8-6-12(15)16,9-10-14(17)18)7-5-11(2)19-3/h5-6,8,12,17-18H,4,7,9-10H2,1-3H3. The summed E-state index contributed by atoms with van der Waals surface area (Å²) in [6.07, 6.45) is 3.43. The first-order valence-corrected chi connectivity index (χ1v) is 6.39. The third-order valence-electron chi connectivity index (χ3n) is 3.32. The summed E-state index contributed by atoms with van der Waals surface area (Å²) in [6.45, 7) is 3.69. The van der Waals surface area contributed by atoms with Crippen LogP contribution < -0.4 is 0 Å². The number of methoxy groups -OCH3 is 1. The van der Waals surface area contributed by atoms with Crippen LogP contribution in [0, 0.1) is 5.41 Å². The molecule has 0 amide bonds. The van der Waals surface area contributed by atoms with Gasteiger partial charge < -0.3 is 14.8 Å². The van der Waals surface area contributed by atoms with Crippen molar-refractivity contribution in [3.05, 3.63) is 24.0 Å². The van der Waals surface area contributed by atoms with E-state index in [2.05, 4.69) is 0 Å². The Morgan fingerprint density at radius 2 is 2.05 bits per heavy atom. The molecule has 1 unspecified atom stereocenters. The van der Waals surface area contributed by atoms with Crippen LogP contribution in [0.5, 0.6) is 0 Å². The zero-order valence-electron chi connectivity index (χ0n) is 11.8. The number of halogens is 2. The van der Waals surface area contributed by atoms with Gasteiger partial charge in [-0.25, -0.2) is 8.78 Å². The highest BCUT2D eigenvalue weighted by Crippen LogP contribution is 2.35. The van der Waals surface area contributed by atoms with E-state index in [1.165, 1.54) is 6.08 Å². The highest BCUT2D eigenvalue weighted by atomic mass is 19.3. The molecular weight excluding hydrogens is 253 g/mol. The molecule has 0 aromatic heterocycles. The number of alkyl halides is 2. The molecule has 19 heavy (non-hydrogen) atoms. The lowest BCUT2D eigenvalue weighted by Crippen LogP contribution is -2.21. The quantitative estimate of drug-likeness (QED) is 0.386. The Kier molecular flexibility index (Phi) is 8.68. The highest BCUT2D eigenvalue weighted by Gasteiger charge is 2.26. The van der Waals surface area contributed by atoms with Gasteiger partial charge in [-0.2, -0.15) is 0 Å². The van der Waals surface area contributed by atoms with E-state index in [9.17, 15) is 8.78 Å². The van der Waals surface area contributed by atoms with E-state index in [1.807, 2.05) is 13.0 Å². The monoisotopic (exact) mass is 276 g/mol. The normalized spacial score (nSPS) is 15.9. The Morgan fingerprint density at radius 1 is 1.42 bits per heavy atom. The van der Waals surface area contributed by atoms with Gasteiger partial charge in [0.1, 0.15) is 0 Å². The molecule has 0 radical (unpaired) electrons. The first-order valence-electron chi connectivity index (χ1n) is 6.39. The lowest BCUT2D eigenvalue weighted by atomic mass is 9.70. The molecule has 0 bridgehead atoms. The molecule has 0 aliphatic carbocycles. The van der Waals surface area contributed by atoms with Crippen LogP contribution in [0.25, 0.3) is 0 Å². The zero-order valence-corrected chi connectivity index (χ0v) is 11.8. The average molecular weight is 276 g/mol. The third-order valence-corrected chi connectivity index (χ3v) is 3.32. The van der Waals surface area contributed by atoms with Crippen molar-refractivity contribution in [3.63, 3.8) is 0 Å². The van der Waals surface area contributed by atoms with Crippen LogP contribution in [0.1, 0.15) is 33.1 Å². The largest absolute Gasteiger partial charge is 0.502 e. The van der Waals surface area contributed by atoms with Crippen LogP contribution in [-0.2, 0) is 4.74 Å². The predicted molar refractivity (Wildman–Crippen MR) is 72.9 cm³/mol. The summed E-state index contributed by atoms with van der Waals surface area (Å²) in [5.74, 6) is 0.716. The summed E-state index contributed by atoms with van der Waals surface area (Å²) < 4.78 is 29.7. The van der Waals surface area contributed by atoms with E-state index in [1.54, 1.807) is 14.0 Å². The van der Waals surface area contributed by atoms with Gasteiger partial charge in [0.05, 0.1) is 12.9 Å². The summed E-state index contributed by atoms with van der Waals surface area (Å²) in [4.78, 5) is 0. The summed E-state index contributed by atoms with van der Waals surface area (Å²) >= 11 is 0. The van der Waals surface area contributed by atoms with Crippen molar-refractivity contribution in [2.75, 3.05) is 7.11 Å². The summed E-state index contributed by atoms with van der Waals surface area (Å²) in [5, 5.41) is 17.9. The fourth-order valence-electron chi connectivity index (χ4n) is 1.82. The van der Waals surface area contributed by atoms with Gasteiger partial charge in [0, 0.05) is 0 Å². The van der Waals surface area contributed by atoms with Gasteiger partial charge in [0.15, 0.2) is 0 Å². The van der Waals surface area contributed by atoms with E-state index in [-0.39, 0.29) is 6.32 Å². The van der Waals surface area contributed by atoms with Gasteiger partial charge >= 0.3 is 7.12 Å². The second kappa shape index (κ2) is 9.10. The van der Waals surface area contributed by atoms with Gasteiger partial charge in [-0.05, 0) is 50.1 Å². The van der Waals surface area contributed by atoms with Crippen molar-refractivity contribution in [2.45, 2.75) is 45.9 Å². The van der Waals surface area contributed by atoms with Crippen molar-refractivity contribution < 1.29 is 23.6 Å². The van der Waals surface area contributed by atoms with E-state index in [4.69, 9.17) is 14.8 Å². The Balaban J connectivity index is 4.94. The minimum atomic E-state index is -2.50. The number of hydrogen-bond donors (Lipinski definition) is 2. The molecule has 0 aromatic carbocycles. The zero-order chi connectivity index (χ0) is 14.9. The van der Waals surface area contributed by atoms with Crippen molar-refractivity contribution in [1.29, 1.82) is 0 Å².